The Bertz CT molecular complexity index is 779. The lowest BCUT2D eigenvalue weighted by molar-refractivity contribution is -0.117. The summed E-state index contributed by atoms with van der Waals surface area (Å²) in [6.07, 6.45) is 0.252. The van der Waals surface area contributed by atoms with Gasteiger partial charge in [-0.05, 0) is 36.4 Å². The molecule has 1 aliphatic heterocycles. The molecule has 0 aromatic heterocycles. The van der Waals surface area contributed by atoms with E-state index in [0.717, 1.165) is 5.69 Å². The summed E-state index contributed by atoms with van der Waals surface area (Å²) in [5.74, 6) is 0.535. The van der Waals surface area contributed by atoms with Crippen molar-refractivity contribution in [3.63, 3.8) is 0 Å². The number of urea groups is 1. The van der Waals surface area contributed by atoms with Crippen LogP contribution in [-0.4, -0.2) is 31.6 Å². The van der Waals surface area contributed by atoms with Crippen molar-refractivity contribution in [2.24, 2.45) is 0 Å². The first-order valence-corrected chi connectivity index (χ1v) is 8.21. The van der Waals surface area contributed by atoms with Gasteiger partial charge < -0.3 is 20.3 Å². The fourth-order valence-electron chi connectivity index (χ4n) is 2.77. The number of nitrogens with one attached hydrogen (secondary N) is 2. The molecule has 3 amide bonds. The molecule has 0 radical (unpaired) electrons. The molecule has 130 valence electrons. The Morgan fingerprint density at radius 3 is 2.64 bits per heavy atom. The molecule has 2 aromatic rings. The number of nitrogens with zero attached hydrogens (tertiary/aromatic N) is 1. The van der Waals surface area contributed by atoms with Gasteiger partial charge in [0, 0.05) is 23.7 Å². The van der Waals surface area contributed by atoms with Gasteiger partial charge in [-0.3, -0.25) is 4.79 Å². The molecule has 1 heterocycles. The summed E-state index contributed by atoms with van der Waals surface area (Å²) in [5, 5.41) is 6.18. The Kier molecular flexibility index (Phi) is 5.09. The fourth-order valence-corrected chi connectivity index (χ4v) is 2.89. The Morgan fingerprint density at radius 2 is 1.92 bits per heavy atom. The smallest absolute Gasteiger partial charge is 0.319 e. The Hall–Kier alpha value is -2.73. The highest BCUT2D eigenvalue weighted by molar-refractivity contribution is 6.30. The summed E-state index contributed by atoms with van der Waals surface area (Å²) in [5.41, 5.74) is 1.34. The van der Waals surface area contributed by atoms with Crippen LogP contribution in [0.15, 0.2) is 48.5 Å². The predicted octanol–water partition coefficient (Wildman–Crippen LogP) is 3.28. The molecular formula is C18H18ClN3O3. The van der Waals surface area contributed by atoms with E-state index in [2.05, 4.69) is 10.6 Å². The quantitative estimate of drug-likeness (QED) is 0.880. The second kappa shape index (κ2) is 7.44. The summed E-state index contributed by atoms with van der Waals surface area (Å²) in [6.45, 7) is 0.416. The number of hydrogen-bond donors (Lipinski definition) is 2. The first-order chi connectivity index (χ1) is 12.1. The zero-order valence-electron chi connectivity index (χ0n) is 13.7. The van der Waals surface area contributed by atoms with Crippen LogP contribution < -0.4 is 20.3 Å². The number of carbonyl (C=O) groups excluding carboxylic acids is 2. The number of ether oxygens (including phenoxy) is 1. The van der Waals surface area contributed by atoms with Crippen molar-refractivity contribution in [2.45, 2.75) is 12.5 Å². The van der Waals surface area contributed by atoms with Gasteiger partial charge in [0.1, 0.15) is 5.75 Å². The average molecular weight is 360 g/mol. The molecule has 0 saturated carbocycles. The number of hydrogen-bond acceptors (Lipinski definition) is 3. The number of carbonyl (C=O) groups is 2. The van der Waals surface area contributed by atoms with Crippen LogP contribution in [0.4, 0.5) is 16.2 Å². The number of para-hydroxylation sites is 2. The highest BCUT2D eigenvalue weighted by Gasteiger charge is 2.31. The van der Waals surface area contributed by atoms with Gasteiger partial charge in [-0.25, -0.2) is 4.79 Å². The first kappa shape index (κ1) is 17.1. The lowest BCUT2D eigenvalue weighted by Crippen LogP contribution is -2.39. The molecule has 6 nitrogen and oxygen atoms in total. The SMILES string of the molecule is COc1ccccc1NC(=O)NC1CC(=O)N(c2ccc(Cl)cc2)C1. The molecule has 1 saturated heterocycles. The lowest BCUT2D eigenvalue weighted by Gasteiger charge is -2.18. The molecule has 3 rings (SSSR count). The van der Waals surface area contributed by atoms with Gasteiger partial charge in [0.2, 0.25) is 5.91 Å². The van der Waals surface area contributed by atoms with Crippen molar-refractivity contribution in [1.29, 1.82) is 0 Å². The van der Waals surface area contributed by atoms with Crippen molar-refractivity contribution in [1.82, 2.24) is 5.32 Å². The molecule has 7 heteroatoms. The van der Waals surface area contributed by atoms with Gasteiger partial charge in [-0.2, -0.15) is 0 Å². The number of rotatable bonds is 4. The standard InChI is InChI=1S/C18H18ClN3O3/c1-25-16-5-3-2-4-15(16)21-18(24)20-13-10-17(23)22(11-13)14-8-6-12(19)7-9-14/h2-9,13H,10-11H2,1H3,(H2,20,21,24). The topological polar surface area (TPSA) is 70.7 Å². The number of amides is 3. The second-order valence-electron chi connectivity index (χ2n) is 5.68. The van der Waals surface area contributed by atoms with Gasteiger partial charge >= 0.3 is 6.03 Å². The molecule has 2 N–H and O–H groups in total. The highest BCUT2D eigenvalue weighted by atomic mass is 35.5. The first-order valence-electron chi connectivity index (χ1n) is 7.83. The van der Waals surface area contributed by atoms with E-state index in [1.54, 1.807) is 47.4 Å². The predicted molar refractivity (Wildman–Crippen MR) is 97.4 cm³/mol. The Labute approximate surface area is 150 Å². The van der Waals surface area contributed by atoms with Crippen molar-refractivity contribution in [3.05, 3.63) is 53.6 Å². The van der Waals surface area contributed by atoms with E-state index in [9.17, 15) is 9.59 Å². The zero-order valence-corrected chi connectivity index (χ0v) is 14.4. The van der Waals surface area contributed by atoms with Crippen LogP contribution >= 0.6 is 11.6 Å². The third-order valence-corrected chi connectivity index (χ3v) is 4.21. The molecule has 0 aliphatic carbocycles. The van der Waals surface area contributed by atoms with Crippen LogP contribution in [0.25, 0.3) is 0 Å². The van der Waals surface area contributed by atoms with Crippen LogP contribution in [0.1, 0.15) is 6.42 Å². The molecule has 2 aromatic carbocycles. The molecule has 1 atom stereocenters. The Morgan fingerprint density at radius 1 is 1.20 bits per heavy atom. The zero-order chi connectivity index (χ0) is 17.8. The largest absolute Gasteiger partial charge is 0.495 e. The molecule has 25 heavy (non-hydrogen) atoms. The molecule has 1 fully saturated rings. The third-order valence-electron chi connectivity index (χ3n) is 3.95. The number of methoxy groups -OCH3 is 1. The van der Waals surface area contributed by atoms with Crippen LogP contribution in [0.2, 0.25) is 5.02 Å². The normalized spacial score (nSPS) is 16.6. The molecule has 1 aliphatic rings. The number of benzene rings is 2. The summed E-state index contributed by atoms with van der Waals surface area (Å²) in [6, 6.07) is 13.5. The summed E-state index contributed by atoms with van der Waals surface area (Å²) >= 11 is 5.88. The summed E-state index contributed by atoms with van der Waals surface area (Å²) in [4.78, 5) is 26.1. The van der Waals surface area contributed by atoms with Crippen LogP contribution in [0.3, 0.4) is 0 Å². The minimum atomic E-state index is -0.375. The van der Waals surface area contributed by atoms with Crippen molar-refractivity contribution >= 4 is 34.9 Å². The van der Waals surface area contributed by atoms with Gasteiger partial charge in [0.05, 0.1) is 18.8 Å². The lowest BCUT2D eigenvalue weighted by atomic mass is 10.2. The summed E-state index contributed by atoms with van der Waals surface area (Å²) in [7, 11) is 1.54. The molecule has 1 unspecified atom stereocenters. The Balaban J connectivity index is 1.61. The maximum Gasteiger partial charge on any atom is 0.319 e. The van der Waals surface area contributed by atoms with Crippen LogP contribution in [0.5, 0.6) is 5.75 Å². The van der Waals surface area contributed by atoms with E-state index in [-0.39, 0.29) is 24.4 Å². The minimum absolute atomic E-state index is 0.0371. The maximum atomic E-state index is 12.2. The van der Waals surface area contributed by atoms with Crippen LogP contribution in [-0.2, 0) is 4.79 Å². The molecule has 0 bridgehead atoms. The van der Waals surface area contributed by atoms with Crippen molar-refractivity contribution in [2.75, 3.05) is 23.9 Å². The molecular weight excluding hydrogens is 342 g/mol. The molecule has 0 spiro atoms. The van der Waals surface area contributed by atoms with E-state index >= 15 is 0 Å². The van der Waals surface area contributed by atoms with Crippen LogP contribution in [0, 0.1) is 0 Å². The monoisotopic (exact) mass is 359 g/mol. The fraction of sp³-hybridized carbons (Fsp3) is 0.222. The third kappa shape index (κ3) is 4.03. The second-order valence-corrected chi connectivity index (χ2v) is 6.12. The number of halogens is 1. The van der Waals surface area contributed by atoms with Crippen molar-refractivity contribution in [3.8, 4) is 5.75 Å². The van der Waals surface area contributed by atoms with E-state index in [1.807, 2.05) is 6.07 Å². The van der Waals surface area contributed by atoms with Gasteiger partial charge in [0.15, 0.2) is 0 Å². The van der Waals surface area contributed by atoms with E-state index in [4.69, 9.17) is 16.3 Å². The van der Waals surface area contributed by atoms with E-state index < -0.39 is 0 Å². The van der Waals surface area contributed by atoms with Gasteiger partial charge in [-0.15, -0.1) is 0 Å². The highest BCUT2D eigenvalue weighted by Crippen LogP contribution is 2.25. The summed E-state index contributed by atoms with van der Waals surface area (Å²) < 4.78 is 5.20. The van der Waals surface area contributed by atoms with Gasteiger partial charge in [-0.1, -0.05) is 23.7 Å². The van der Waals surface area contributed by atoms with Gasteiger partial charge in [0.25, 0.3) is 0 Å². The van der Waals surface area contributed by atoms with Crippen molar-refractivity contribution < 1.29 is 14.3 Å². The van der Waals surface area contributed by atoms with E-state index in [1.165, 1.54) is 7.11 Å². The maximum absolute atomic E-state index is 12.2. The minimum Gasteiger partial charge on any atom is -0.495 e. The number of anilines is 2. The van der Waals surface area contributed by atoms with E-state index in [0.29, 0.717) is 23.0 Å². The average Bonchev–Trinajstić information content (AvgIpc) is 2.96.